The Kier molecular flexibility index (Phi) is 6.38. The Morgan fingerprint density at radius 3 is 2.29 bits per heavy atom. The predicted molar refractivity (Wildman–Crippen MR) is 65.6 cm³/mol. The fourth-order valence-electron chi connectivity index (χ4n) is 1.21. The highest BCUT2D eigenvalue weighted by molar-refractivity contribution is 5.84. The molecular weight excluding hydrogens is 170 g/mol. The van der Waals surface area contributed by atoms with Gasteiger partial charge < -0.3 is 0 Å². The lowest BCUT2D eigenvalue weighted by Crippen LogP contribution is -1.96. The second-order valence-electron chi connectivity index (χ2n) is 3.23. The molecule has 0 aromatic heterocycles. The number of aliphatic imine (C=N–C) groups is 1. The highest BCUT2D eigenvalue weighted by atomic mass is 14.7. The van der Waals surface area contributed by atoms with Crippen LogP contribution < -0.4 is 0 Å². The van der Waals surface area contributed by atoms with E-state index in [0.717, 1.165) is 5.57 Å². The van der Waals surface area contributed by atoms with Gasteiger partial charge in [0.1, 0.15) is 0 Å². The molecule has 0 aromatic rings. The minimum Gasteiger partial charge on any atom is -0.265 e. The molecule has 0 bridgehead atoms. The average Bonchev–Trinajstić information content (AvgIpc) is 2.14. The van der Waals surface area contributed by atoms with E-state index in [0.29, 0.717) is 5.92 Å². The van der Waals surface area contributed by atoms with Crippen molar-refractivity contribution in [3.05, 3.63) is 48.7 Å². The van der Waals surface area contributed by atoms with Crippen molar-refractivity contribution in [2.75, 3.05) is 0 Å². The maximum atomic E-state index is 4.02. The van der Waals surface area contributed by atoms with E-state index in [1.54, 1.807) is 0 Å². The van der Waals surface area contributed by atoms with Crippen molar-refractivity contribution in [3.63, 3.8) is 0 Å². The lowest BCUT2D eigenvalue weighted by molar-refractivity contribution is 0.789. The number of rotatable bonds is 5. The van der Waals surface area contributed by atoms with Crippen LogP contribution in [0.25, 0.3) is 0 Å². The predicted octanol–water partition coefficient (Wildman–Crippen LogP) is 3.92. The van der Waals surface area contributed by atoms with Crippen LogP contribution in [0.1, 0.15) is 20.8 Å². The van der Waals surface area contributed by atoms with Crippen molar-refractivity contribution in [3.8, 4) is 0 Å². The third kappa shape index (κ3) is 4.04. The molecule has 0 fully saturated rings. The smallest absolute Gasteiger partial charge is 0.0342 e. The Morgan fingerprint density at radius 2 is 1.93 bits per heavy atom. The van der Waals surface area contributed by atoms with Gasteiger partial charge in [0.2, 0.25) is 0 Å². The Morgan fingerprint density at radius 1 is 1.29 bits per heavy atom. The van der Waals surface area contributed by atoms with Gasteiger partial charge in [0.05, 0.1) is 0 Å². The summed E-state index contributed by atoms with van der Waals surface area (Å²) in [6, 6.07) is 0. The molecule has 0 heterocycles. The largest absolute Gasteiger partial charge is 0.265 e. The molecule has 0 aromatic carbocycles. The van der Waals surface area contributed by atoms with Gasteiger partial charge in [-0.05, 0) is 24.0 Å². The normalized spacial score (nSPS) is 13.7. The molecule has 76 valence electrons. The maximum Gasteiger partial charge on any atom is 0.0342 e. The van der Waals surface area contributed by atoms with Gasteiger partial charge in [-0.3, -0.25) is 4.99 Å². The van der Waals surface area contributed by atoms with Gasteiger partial charge in [-0.2, -0.15) is 0 Å². The van der Waals surface area contributed by atoms with E-state index in [2.05, 4.69) is 32.0 Å². The second kappa shape index (κ2) is 7.07. The highest BCUT2D eigenvalue weighted by Gasteiger charge is 2.02. The number of hydrogen-bond donors (Lipinski definition) is 0. The van der Waals surface area contributed by atoms with E-state index in [1.165, 1.54) is 11.8 Å². The molecule has 0 atom stereocenters. The first-order valence-electron chi connectivity index (χ1n) is 4.80. The van der Waals surface area contributed by atoms with Crippen molar-refractivity contribution in [1.82, 2.24) is 0 Å². The summed E-state index contributed by atoms with van der Waals surface area (Å²) < 4.78 is 0. The minimum atomic E-state index is 0.454. The SMILES string of the molecule is C=CN=CC(/C=C\C)=C(\C=C)C(C)C. The van der Waals surface area contributed by atoms with Crippen LogP contribution in [0.3, 0.4) is 0 Å². The lowest BCUT2D eigenvalue weighted by Gasteiger charge is -2.08. The summed E-state index contributed by atoms with van der Waals surface area (Å²) in [5.41, 5.74) is 2.30. The summed E-state index contributed by atoms with van der Waals surface area (Å²) in [6.45, 7) is 13.6. The van der Waals surface area contributed by atoms with Crippen LogP contribution in [0.2, 0.25) is 0 Å². The molecule has 0 aliphatic heterocycles. The molecule has 0 rings (SSSR count). The summed E-state index contributed by atoms with van der Waals surface area (Å²) in [6.07, 6.45) is 9.25. The van der Waals surface area contributed by atoms with E-state index >= 15 is 0 Å². The minimum absolute atomic E-state index is 0.454. The molecule has 0 saturated heterocycles. The molecule has 1 heteroatoms. The zero-order chi connectivity index (χ0) is 11.0. The van der Waals surface area contributed by atoms with Crippen LogP contribution in [0.5, 0.6) is 0 Å². The van der Waals surface area contributed by atoms with Crippen molar-refractivity contribution >= 4 is 6.21 Å². The molecule has 0 N–H and O–H groups in total. The standard InChI is InChI=1S/C13H19N/c1-6-9-12(10-14-8-3)13(7-2)11(4)5/h6-11H,2-3H2,1,4-5H3/b9-6-,13-12+,14-10?. The molecule has 0 aliphatic carbocycles. The van der Waals surface area contributed by atoms with Crippen LogP contribution in [-0.2, 0) is 0 Å². The van der Waals surface area contributed by atoms with Gasteiger partial charge >= 0.3 is 0 Å². The first kappa shape index (κ1) is 12.6. The van der Waals surface area contributed by atoms with E-state index in [9.17, 15) is 0 Å². The van der Waals surface area contributed by atoms with Gasteiger partial charge in [0.25, 0.3) is 0 Å². The fourth-order valence-corrected chi connectivity index (χ4v) is 1.21. The molecule has 0 spiro atoms. The van der Waals surface area contributed by atoms with Gasteiger partial charge in [-0.25, -0.2) is 0 Å². The number of hydrogen-bond acceptors (Lipinski definition) is 1. The van der Waals surface area contributed by atoms with Crippen LogP contribution in [0.15, 0.2) is 53.7 Å². The summed E-state index contributed by atoms with van der Waals surface area (Å²) >= 11 is 0. The summed E-state index contributed by atoms with van der Waals surface area (Å²) in [5, 5.41) is 0. The molecule has 14 heavy (non-hydrogen) atoms. The monoisotopic (exact) mass is 189 g/mol. The van der Waals surface area contributed by atoms with E-state index in [-0.39, 0.29) is 0 Å². The second-order valence-corrected chi connectivity index (χ2v) is 3.23. The third-order valence-electron chi connectivity index (χ3n) is 1.84. The average molecular weight is 189 g/mol. The summed E-state index contributed by atoms with van der Waals surface area (Å²) in [5.74, 6) is 0.454. The molecule has 0 aliphatic rings. The lowest BCUT2D eigenvalue weighted by atomic mass is 9.97. The third-order valence-corrected chi connectivity index (χ3v) is 1.84. The quantitative estimate of drug-likeness (QED) is 0.459. The van der Waals surface area contributed by atoms with Crippen molar-refractivity contribution < 1.29 is 0 Å². The van der Waals surface area contributed by atoms with Crippen molar-refractivity contribution in [2.45, 2.75) is 20.8 Å². The van der Waals surface area contributed by atoms with E-state index < -0.39 is 0 Å². The Labute approximate surface area is 87.3 Å². The molecule has 0 unspecified atom stereocenters. The van der Waals surface area contributed by atoms with E-state index in [4.69, 9.17) is 0 Å². The van der Waals surface area contributed by atoms with Crippen LogP contribution in [-0.4, -0.2) is 6.21 Å². The Balaban J connectivity index is 5.18. The molecule has 0 saturated carbocycles. The first-order valence-corrected chi connectivity index (χ1v) is 4.80. The van der Waals surface area contributed by atoms with Crippen LogP contribution >= 0.6 is 0 Å². The van der Waals surface area contributed by atoms with Crippen molar-refractivity contribution in [1.29, 1.82) is 0 Å². The topological polar surface area (TPSA) is 12.4 Å². The summed E-state index contributed by atoms with van der Waals surface area (Å²) in [4.78, 5) is 4.02. The van der Waals surface area contributed by atoms with Crippen LogP contribution in [0, 0.1) is 5.92 Å². The number of allylic oxidation sites excluding steroid dienone is 5. The zero-order valence-corrected chi connectivity index (χ0v) is 9.33. The van der Waals surface area contributed by atoms with Gasteiger partial charge in [-0.15, -0.1) is 0 Å². The maximum absolute atomic E-state index is 4.02. The number of nitrogens with zero attached hydrogens (tertiary/aromatic N) is 1. The summed E-state index contributed by atoms with van der Waals surface area (Å²) in [7, 11) is 0. The fraction of sp³-hybridized carbons (Fsp3) is 0.308. The van der Waals surface area contributed by atoms with Gasteiger partial charge in [0.15, 0.2) is 0 Å². The van der Waals surface area contributed by atoms with Gasteiger partial charge in [-0.1, -0.05) is 45.2 Å². The van der Waals surface area contributed by atoms with Crippen molar-refractivity contribution in [2.24, 2.45) is 10.9 Å². The highest BCUT2D eigenvalue weighted by Crippen LogP contribution is 2.15. The first-order chi connectivity index (χ1) is 6.67. The van der Waals surface area contributed by atoms with E-state index in [1.807, 2.05) is 31.4 Å². The Bertz CT molecular complexity index is 278. The molecular formula is C13H19N. The molecule has 0 amide bonds. The Hall–Kier alpha value is -1.37. The molecule has 1 nitrogen and oxygen atoms in total. The zero-order valence-electron chi connectivity index (χ0n) is 9.33. The van der Waals surface area contributed by atoms with Gasteiger partial charge in [0, 0.05) is 12.4 Å². The molecule has 0 radical (unpaired) electrons. The van der Waals surface area contributed by atoms with Crippen LogP contribution in [0.4, 0.5) is 0 Å².